The fourth-order valence-electron chi connectivity index (χ4n) is 1.30. The lowest BCUT2D eigenvalue weighted by Crippen LogP contribution is -2.42. The second-order valence-corrected chi connectivity index (χ2v) is 5.46. The van der Waals surface area contributed by atoms with Crippen molar-refractivity contribution in [2.24, 2.45) is 0 Å². The van der Waals surface area contributed by atoms with Crippen molar-refractivity contribution in [2.45, 2.75) is 18.5 Å². The third kappa shape index (κ3) is 4.89. The number of quaternary nitrogens is 1. The molecule has 1 heterocycles. The van der Waals surface area contributed by atoms with Crippen LogP contribution in [-0.2, 0) is 4.74 Å². The van der Waals surface area contributed by atoms with Gasteiger partial charge in [0.2, 0.25) is 0 Å². The first-order chi connectivity index (χ1) is 4.97. The minimum absolute atomic E-state index is 0. The van der Waals surface area contributed by atoms with Gasteiger partial charge in [-0.2, -0.15) is 0 Å². The Morgan fingerprint density at radius 3 is 2.33 bits per heavy atom. The summed E-state index contributed by atoms with van der Waals surface area (Å²) >= 11 is 1.91. The summed E-state index contributed by atoms with van der Waals surface area (Å²) in [5.41, 5.74) is 0.409. The van der Waals surface area contributed by atoms with Gasteiger partial charge in [-0.3, -0.25) is 0 Å². The Bertz CT molecular complexity index is 138. The van der Waals surface area contributed by atoms with Crippen LogP contribution in [0.25, 0.3) is 0 Å². The van der Waals surface area contributed by atoms with E-state index in [0.29, 0.717) is 11.5 Å². The van der Waals surface area contributed by atoms with E-state index in [1.54, 1.807) is 0 Å². The molecule has 1 fully saturated rings. The van der Waals surface area contributed by atoms with Crippen molar-refractivity contribution >= 4 is 35.7 Å². The monoisotopic (exact) mass is 304 g/mol. The van der Waals surface area contributed by atoms with Crippen LogP contribution in [0.3, 0.4) is 0 Å². The summed E-state index contributed by atoms with van der Waals surface area (Å²) in [6, 6.07) is 0. The minimum Gasteiger partial charge on any atom is -0.358 e. The lowest BCUT2D eigenvalue weighted by molar-refractivity contribution is -0.873. The van der Waals surface area contributed by atoms with Crippen molar-refractivity contribution in [3.63, 3.8) is 0 Å². The van der Waals surface area contributed by atoms with Crippen molar-refractivity contribution in [1.29, 1.82) is 0 Å². The van der Waals surface area contributed by atoms with Crippen molar-refractivity contribution in [3.05, 3.63) is 0 Å². The SMILES string of the molecule is C[C@H]1O[C@@H](C[N+](C)(C)C)CS1.I. The Morgan fingerprint density at radius 2 is 2.00 bits per heavy atom. The number of thioether (sulfide) groups is 1. The Labute approximate surface area is 96.6 Å². The highest BCUT2D eigenvalue weighted by Gasteiger charge is 2.26. The maximum absolute atomic E-state index is 5.68. The van der Waals surface area contributed by atoms with E-state index >= 15 is 0 Å². The fraction of sp³-hybridized carbons (Fsp3) is 1.00. The van der Waals surface area contributed by atoms with Gasteiger partial charge in [0.1, 0.15) is 18.1 Å². The number of hydrogen-bond acceptors (Lipinski definition) is 2. The largest absolute Gasteiger partial charge is 0.358 e. The van der Waals surface area contributed by atoms with E-state index in [9.17, 15) is 0 Å². The summed E-state index contributed by atoms with van der Waals surface area (Å²) in [5.74, 6) is 1.16. The molecule has 0 unspecified atom stereocenters. The maximum atomic E-state index is 5.68. The van der Waals surface area contributed by atoms with E-state index in [1.165, 1.54) is 0 Å². The molecular formula is C8H19INOS+. The minimum atomic E-state index is 0. The number of hydrogen-bond donors (Lipinski definition) is 0. The molecule has 1 rings (SSSR count). The smallest absolute Gasteiger partial charge is 0.117 e. The zero-order valence-electron chi connectivity index (χ0n) is 8.24. The number of likely N-dealkylation sites (N-methyl/N-ethyl adjacent to an activating group) is 1. The fourth-order valence-corrected chi connectivity index (χ4v) is 2.20. The highest BCUT2D eigenvalue weighted by Crippen LogP contribution is 2.25. The summed E-state index contributed by atoms with van der Waals surface area (Å²) < 4.78 is 6.68. The summed E-state index contributed by atoms with van der Waals surface area (Å²) in [6.07, 6.45) is 0.468. The van der Waals surface area contributed by atoms with E-state index in [2.05, 4.69) is 28.1 Å². The van der Waals surface area contributed by atoms with Crippen LogP contribution in [0.4, 0.5) is 0 Å². The van der Waals surface area contributed by atoms with Crippen LogP contribution >= 0.6 is 35.7 Å². The molecule has 0 amide bonds. The van der Waals surface area contributed by atoms with E-state index in [4.69, 9.17) is 4.74 Å². The summed E-state index contributed by atoms with van der Waals surface area (Å²) in [4.78, 5) is 0. The van der Waals surface area contributed by atoms with E-state index in [-0.39, 0.29) is 24.0 Å². The van der Waals surface area contributed by atoms with E-state index in [0.717, 1.165) is 16.8 Å². The molecule has 4 heteroatoms. The molecule has 0 aliphatic carbocycles. The van der Waals surface area contributed by atoms with Gasteiger partial charge in [0.25, 0.3) is 0 Å². The Kier molecular flexibility index (Phi) is 5.44. The highest BCUT2D eigenvalue weighted by atomic mass is 127. The van der Waals surface area contributed by atoms with Crippen LogP contribution in [0.5, 0.6) is 0 Å². The lowest BCUT2D eigenvalue weighted by atomic mass is 10.3. The van der Waals surface area contributed by atoms with Gasteiger partial charge >= 0.3 is 0 Å². The third-order valence-corrected chi connectivity index (χ3v) is 2.80. The number of rotatable bonds is 2. The molecule has 0 radical (unpaired) electrons. The van der Waals surface area contributed by atoms with Gasteiger partial charge in [-0.05, 0) is 6.92 Å². The number of nitrogens with zero attached hydrogens (tertiary/aromatic N) is 1. The topological polar surface area (TPSA) is 9.23 Å². The predicted octanol–water partition coefficient (Wildman–Crippen LogP) is 1.79. The predicted molar refractivity (Wildman–Crippen MR) is 65.1 cm³/mol. The van der Waals surface area contributed by atoms with Crippen molar-refractivity contribution in [1.82, 2.24) is 0 Å². The van der Waals surface area contributed by atoms with Crippen molar-refractivity contribution in [2.75, 3.05) is 33.4 Å². The molecule has 1 aliphatic rings. The van der Waals surface area contributed by atoms with Gasteiger partial charge in [-0.1, -0.05) is 0 Å². The molecule has 0 saturated carbocycles. The molecule has 74 valence electrons. The highest BCUT2D eigenvalue weighted by molar-refractivity contribution is 14.0. The van der Waals surface area contributed by atoms with Gasteiger partial charge in [0, 0.05) is 5.75 Å². The second-order valence-electron chi connectivity index (χ2n) is 4.13. The van der Waals surface area contributed by atoms with Crippen LogP contribution in [0, 0.1) is 0 Å². The molecule has 0 spiro atoms. The van der Waals surface area contributed by atoms with Gasteiger partial charge in [0.15, 0.2) is 0 Å². The zero-order valence-corrected chi connectivity index (χ0v) is 11.4. The lowest BCUT2D eigenvalue weighted by Gasteiger charge is -2.26. The summed E-state index contributed by atoms with van der Waals surface area (Å²) in [6.45, 7) is 3.25. The van der Waals surface area contributed by atoms with E-state index < -0.39 is 0 Å². The molecule has 0 bridgehead atoms. The molecule has 0 aromatic rings. The van der Waals surface area contributed by atoms with Gasteiger partial charge < -0.3 is 9.22 Å². The summed E-state index contributed by atoms with van der Waals surface area (Å²) in [5, 5.41) is 0. The van der Waals surface area contributed by atoms with Crippen LogP contribution in [0.15, 0.2) is 0 Å². The first kappa shape index (κ1) is 13.0. The number of halogens is 1. The van der Waals surface area contributed by atoms with E-state index in [1.807, 2.05) is 11.8 Å². The first-order valence-electron chi connectivity index (χ1n) is 4.05. The molecular weight excluding hydrogens is 285 g/mol. The maximum Gasteiger partial charge on any atom is 0.117 e. The molecule has 1 saturated heterocycles. The normalized spacial score (nSPS) is 30.0. The molecule has 0 N–H and O–H groups in total. The molecule has 0 aromatic heterocycles. The Balaban J connectivity index is 0.00000121. The Hall–Kier alpha value is 1.00. The van der Waals surface area contributed by atoms with Crippen molar-refractivity contribution < 1.29 is 9.22 Å². The third-order valence-electron chi connectivity index (χ3n) is 1.65. The molecule has 2 atom stereocenters. The Morgan fingerprint density at radius 1 is 1.42 bits per heavy atom. The first-order valence-corrected chi connectivity index (χ1v) is 5.10. The quantitative estimate of drug-likeness (QED) is 0.568. The average molecular weight is 304 g/mol. The standard InChI is InChI=1S/C8H18NOS.HI/c1-7-10-8(6-11-7)5-9(2,3)4;/h7-8H,5-6H2,1-4H3;1H/q+1;/t7-,8-;/m0./s1. The van der Waals surface area contributed by atoms with Crippen molar-refractivity contribution in [3.8, 4) is 0 Å². The van der Waals surface area contributed by atoms with Gasteiger partial charge in [0.05, 0.1) is 21.1 Å². The average Bonchev–Trinajstić information content (AvgIpc) is 2.10. The van der Waals surface area contributed by atoms with Crippen LogP contribution < -0.4 is 0 Å². The van der Waals surface area contributed by atoms with Gasteiger partial charge in [-0.15, -0.1) is 35.7 Å². The molecule has 0 aromatic carbocycles. The second kappa shape index (κ2) is 5.02. The molecule has 1 aliphatic heterocycles. The molecule has 12 heavy (non-hydrogen) atoms. The van der Waals surface area contributed by atoms with Crippen LogP contribution in [0.2, 0.25) is 0 Å². The molecule has 2 nitrogen and oxygen atoms in total. The number of ether oxygens (including phenoxy) is 1. The zero-order chi connectivity index (χ0) is 8.48. The van der Waals surface area contributed by atoms with Crippen LogP contribution in [0.1, 0.15) is 6.92 Å². The summed E-state index contributed by atoms with van der Waals surface area (Å²) in [7, 11) is 6.62. The van der Waals surface area contributed by atoms with Gasteiger partial charge in [-0.25, -0.2) is 0 Å². The van der Waals surface area contributed by atoms with Crippen LogP contribution in [-0.4, -0.2) is 49.5 Å².